The molecule has 0 saturated carbocycles. The van der Waals surface area contributed by atoms with Gasteiger partial charge in [0.1, 0.15) is 5.69 Å². The first-order valence-electron chi connectivity index (χ1n) is 9.27. The second-order valence-corrected chi connectivity index (χ2v) is 6.99. The summed E-state index contributed by atoms with van der Waals surface area (Å²) < 4.78 is 78.1. The number of hydrogen-bond donors (Lipinski definition) is 0. The van der Waals surface area contributed by atoms with E-state index in [1.807, 2.05) is 0 Å². The molecule has 3 heterocycles. The van der Waals surface area contributed by atoms with Crippen LogP contribution in [0.3, 0.4) is 0 Å². The average Bonchev–Trinajstić information content (AvgIpc) is 3.20. The number of carbonyl (C=O) groups excluding carboxylic acids is 1. The molecule has 0 spiro atoms. The van der Waals surface area contributed by atoms with E-state index in [1.165, 1.54) is 37.8 Å². The van der Waals surface area contributed by atoms with Crippen molar-refractivity contribution in [3.05, 3.63) is 78.0 Å². The standard InChI is InChI=1S/C21H13F6N5O/c1-31(19(33)13-4-7-16(28-8-13)21(25,26)27)18-11-32-15(9-29-17(32)10-30-18)12-2-5-14(6-3-12)20(22,23)24/h2-11H,1H3. The van der Waals surface area contributed by atoms with Crippen LogP contribution in [0.1, 0.15) is 21.6 Å². The van der Waals surface area contributed by atoms with Crippen LogP contribution in [0.4, 0.5) is 32.2 Å². The van der Waals surface area contributed by atoms with Gasteiger partial charge < -0.3 is 0 Å². The van der Waals surface area contributed by atoms with Crippen molar-refractivity contribution in [2.75, 3.05) is 11.9 Å². The van der Waals surface area contributed by atoms with Crippen LogP contribution in [-0.4, -0.2) is 32.3 Å². The number of aromatic nitrogens is 4. The predicted octanol–water partition coefficient (Wildman–Crippen LogP) is 5.11. The minimum atomic E-state index is -4.63. The third-order valence-corrected chi connectivity index (χ3v) is 4.84. The number of fused-ring (bicyclic) bond motifs is 1. The first-order valence-corrected chi connectivity index (χ1v) is 9.27. The molecule has 6 nitrogen and oxygen atoms in total. The average molecular weight is 465 g/mol. The number of pyridine rings is 1. The Morgan fingerprint density at radius 2 is 1.55 bits per heavy atom. The highest BCUT2D eigenvalue weighted by atomic mass is 19.4. The molecule has 0 aliphatic rings. The molecule has 1 amide bonds. The van der Waals surface area contributed by atoms with Crippen molar-refractivity contribution < 1.29 is 31.1 Å². The third kappa shape index (κ3) is 4.36. The molecule has 0 radical (unpaired) electrons. The molecule has 0 N–H and O–H groups in total. The summed E-state index contributed by atoms with van der Waals surface area (Å²) in [4.78, 5) is 25.4. The van der Waals surface area contributed by atoms with E-state index in [-0.39, 0.29) is 11.4 Å². The molecule has 0 saturated heterocycles. The molecule has 3 aromatic heterocycles. The first kappa shape index (κ1) is 22.2. The highest BCUT2D eigenvalue weighted by Crippen LogP contribution is 2.31. The Morgan fingerprint density at radius 3 is 2.12 bits per heavy atom. The lowest BCUT2D eigenvalue weighted by Gasteiger charge is -2.17. The van der Waals surface area contributed by atoms with Crippen molar-refractivity contribution in [1.82, 2.24) is 19.4 Å². The van der Waals surface area contributed by atoms with Gasteiger partial charge in [0.05, 0.1) is 35.4 Å². The van der Waals surface area contributed by atoms with Gasteiger partial charge in [0.15, 0.2) is 11.5 Å². The van der Waals surface area contributed by atoms with Crippen LogP contribution in [0.5, 0.6) is 0 Å². The van der Waals surface area contributed by atoms with Crippen molar-refractivity contribution in [2.24, 2.45) is 0 Å². The fourth-order valence-corrected chi connectivity index (χ4v) is 3.08. The second-order valence-electron chi connectivity index (χ2n) is 6.99. The predicted molar refractivity (Wildman–Crippen MR) is 105 cm³/mol. The summed E-state index contributed by atoms with van der Waals surface area (Å²) in [5.41, 5.74) is -0.710. The quantitative estimate of drug-likeness (QED) is 0.395. The van der Waals surface area contributed by atoms with Crippen molar-refractivity contribution in [1.29, 1.82) is 0 Å². The molecule has 12 heteroatoms. The molecular weight excluding hydrogens is 452 g/mol. The number of carbonyl (C=O) groups is 1. The lowest BCUT2D eigenvalue weighted by Crippen LogP contribution is -2.27. The normalized spacial score (nSPS) is 12.2. The van der Waals surface area contributed by atoms with Crippen LogP contribution in [-0.2, 0) is 12.4 Å². The van der Waals surface area contributed by atoms with E-state index in [0.717, 1.165) is 29.3 Å². The number of alkyl halides is 6. The maximum atomic E-state index is 12.8. The lowest BCUT2D eigenvalue weighted by molar-refractivity contribution is -0.141. The van der Waals surface area contributed by atoms with Crippen LogP contribution in [0.25, 0.3) is 16.9 Å². The molecule has 4 aromatic rings. The van der Waals surface area contributed by atoms with E-state index >= 15 is 0 Å². The summed E-state index contributed by atoms with van der Waals surface area (Å²) in [5.74, 6) is -0.516. The largest absolute Gasteiger partial charge is 0.433 e. The fraction of sp³-hybridized carbons (Fsp3) is 0.143. The Labute approximate surface area is 182 Å². The van der Waals surface area contributed by atoms with Crippen LogP contribution >= 0.6 is 0 Å². The minimum absolute atomic E-state index is 0.0824. The number of anilines is 1. The number of halogens is 6. The van der Waals surface area contributed by atoms with Gasteiger partial charge in [-0.15, -0.1) is 0 Å². The van der Waals surface area contributed by atoms with Gasteiger partial charge in [-0.3, -0.25) is 19.1 Å². The van der Waals surface area contributed by atoms with Crippen molar-refractivity contribution >= 4 is 17.4 Å². The summed E-state index contributed by atoms with van der Waals surface area (Å²) in [7, 11) is 1.38. The summed E-state index contributed by atoms with van der Waals surface area (Å²) in [6, 6.07) is 6.22. The van der Waals surface area contributed by atoms with Crippen LogP contribution in [0.2, 0.25) is 0 Å². The number of hydrogen-bond acceptors (Lipinski definition) is 4. The fourth-order valence-electron chi connectivity index (χ4n) is 3.08. The molecule has 0 atom stereocenters. The smallest absolute Gasteiger partial charge is 0.295 e. The monoisotopic (exact) mass is 465 g/mol. The summed E-state index contributed by atoms with van der Waals surface area (Å²) in [6.45, 7) is 0. The van der Waals surface area contributed by atoms with Gasteiger partial charge in [-0.2, -0.15) is 26.3 Å². The van der Waals surface area contributed by atoms with E-state index in [1.54, 1.807) is 4.40 Å². The van der Waals surface area contributed by atoms with E-state index < -0.39 is 29.5 Å². The SMILES string of the molecule is CN(C(=O)c1ccc(C(F)(F)F)nc1)c1cn2c(-c3ccc(C(F)(F)F)cc3)cnc2cn1. The molecule has 4 rings (SSSR count). The van der Waals surface area contributed by atoms with Crippen LogP contribution in [0.15, 0.2) is 61.2 Å². The van der Waals surface area contributed by atoms with Crippen LogP contribution in [0, 0.1) is 0 Å². The molecule has 0 unspecified atom stereocenters. The molecule has 0 aliphatic carbocycles. The molecule has 0 bridgehead atoms. The molecule has 170 valence electrons. The number of nitrogens with zero attached hydrogens (tertiary/aromatic N) is 5. The Morgan fingerprint density at radius 1 is 0.848 bits per heavy atom. The Hall–Kier alpha value is -3.96. The Bertz CT molecular complexity index is 1310. The number of benzene rings is 1. The van der Waals surface area contributed by atoms with Gasteiger partial charge in [0.25, 0.3) is 5.91 Å². The first-order chi connectivity index (χ1) is 15.4. The third-order valence-electron chi connectivity index (χ3n) is 4.84. The van der Waals surface area contributed by atoms with Crippen molar-refractivity contribution in [3.8, 4) is 11.3 Å². The maximum Gasteiger partial charge on any atom is 0.433 e. The van der Waals surface area contributed by atoms with Gasteiger partial charge in [0.2, 0.25) is 0 Å². The number of rotatable bonds is 3. The lowest BCUT2D eigenvalue weighted by atomic mass is 10.1. The van der Waals surface area contributed by atoms with E-state index in [0.29, 0.717) is 23.0 Å². The topological polar surface area (TPSA) is 63.4 Å². The summed E-state index contributed by atoms with van der Waals surface area (Å²) in [5, 5.41) is 0. The zero-order valence-electron chi connectivity index (χ0n) is 16.7. The van der Waals surface area contributed by atoms with Gasteiger partial charge >= 0.3 is 12.4 Å². The highest BCUT2D eigenvalue weighted by molar-refractivity contribution is 6.05. The summed E-state index contributed by atoms with van der Waals surface area (Å²) >= 11 is 0. The number of imidazole rings is 1. The molecular formula is C21H13F6N5O. The molecule has 1 aromatic carbocycles. The zero-order valence-corrected chi connectivity index (χ0v) is 16.7. The Kier molecular flexibility index (Phi) is 5.30. The number of amides is 1. The second kappa shape index (κ2) is 7.87. The zero-order chi connectivity index (χ0) is 24.0. The van der Waals surface area contributed by atoms with E-state index in [4.69, 9.17) is 0 Å². The van der Waals surface area contributed by atoms with Crippen molar-refractivity contribution in [2.45, 2.75) is 12.4 Å². The van der Waals surface area contributed by atoms with Crippen LogP contribution < -0.4 is 4.90 Å². The minimum Gasteiger partial charge on any atom is -0.295 e. The Balaban J connectivity index is 1.64. The van der Waals surface area contributed by atoms with Gasteiger partial charge in [-0.25, -0.2) is 9.97 Å². The maximum absolute atomic E-state index is 12.8. The molecule has 33 heavy (non-hydrogen) atoms. The van der Waals surface area contributed by atoms with Gasteiger partial charge in [-0.05, 0) is 24.3 Å². The molecule has 0 fully saturated rings. The van der Waals surface area contributed by atoms with E-state index in [2.05, 4.69) is 15.0 Å². The highest BCUT2D eigenvalue weighted by Gasteiger charge is 2.32. The van der Waals surface area contributed by atoms with Crippen molar-refractivity contribution in [3.63, 3.8) is 0 Å². The summed E-state index contributed by atoms with van der Waals surface area (Å²) in [6.07, 6.45) is -4.01. The van der Waals surface area contributed by atoms with Gasteiger partial charge in [-0.1, -0.05) is 12.1 Å². The van der Waals surface area contributed by atoms with E-state index in [9.17, 15) is 31.1 Å². The van der Waals surface area contributed by atoms with Gasteiger partial charge in [0, 0.05) is 18.8 Å². The molecule has 0 aliphatic heterocycles.